The second kappa shape index (κ2) is 7.71. The minimum Gasteiger partial charge on any atom is -0.504 e. The first-order valence-corrected chi connectivity index (χ1v) is 6.99. The van der Waals surface area contributed by atoms with Crippen LogP contribution in [-0.4, -0.2) is 29.3 Å². The molecule has 0 aliphatic rings. The van der Waals surface area contributed by atoms with Gasteiger partial charge in [0.05, 0.1) is 5.56 Å². The fraction of sp³-hybridized carbons (Fsp3) is 0.176. The average Bonchev–Trinajstić information content (AvgIpc) is 2.56. The molecule has 6 nitrogen and oxygen atoms in total. The summed E-state index contributed by atoms with van der Waals surface area (Å²) in [6.45, 7) is 0.186. The zero-order valence-electron chi connectivity index (χ0n) is 12.3. The van der Waals surface area contributed by atoms with Gasteiger partial charge in [0.15, 0.2) is 18.1 Å². The Morgan fingerprint density at radius 3 is 2.70 bits per heavy atom. The third-order valence-electron chi connectivity index (χ3n) is 3.14. The normalized spacial score (nSPS) is 9.87. The van der Waals surface area contributed by atoms with E-state index in [0.29, 0.717) is 24.3 Å². The lowest BCUT2D eigenvalue weighted by atomic mass is 10.1. The van der Waals surface area contributed by atoms with Crippen molar-refractivity contribution in [2.24, 2.45) is 0 Å². The fourth-order valence-corrected chi connectivity index (χ4v) is 1.95. The molecule has 0 aromatic heterocycles. The summed E-state index contributed by atoms with van der Waals surface area (Å²) in [5, 5.41) is 30.2. The number of benzene rings is 2. The molecule has 3 N–H and O–H groups in total. The minimum atomic E-state index is -0.305. The van der Waals surface area contributed by atoms with Crippen molar-refractivity contribution in [2.75, 3.05) is 13.2 Å². The Bertz CT molecular complexity index is 738. The molecular formula is C17H16N2O4. The van der Waals surface area contributed by atoms with Crippen LogP contribution in [0.2, 0.25) is 0 Å². The highest BCUT2D eigenvalue weighted by Crippen LogP contribution is 2.24. The number of nitriles is 1. The van der Waals surface area contributed by atoms with E-state index in [0.717, 1.165) is 5.56 Å². The summed E-state index contributed by atoms with van der Waals surface area (Å²) in [4.78, 5) is 11.7. The third kappa shape index (κ3) is 4.64. The van der Waals surface area contributed by atoms with Crippen LogP contribution in [0.3, 0.4) is 0 Å². The third-order valence-corrected chi connectivity index (χ3v) is 3.14. The van der Waals surface area contributed by atoms with Gasteiger partial charge < -0.3 is 20.3 Å². The molecule has 2 aromatic carbocycles. The van der Waals surface area contributed by atoms with Gasteiger partial charge in [-0.3, -0.25) is 4.79 Å². The molecule has 0 heterocycles. The summed E-state index contributed by atoms with van der Waals surface area (Å²) in [6, 6.07) is 13.2. The van der Waals surface area contributed by atoms with Crippen LogP contribution in [0.4, 0.5) is 0 Å². The molecule has 118 valence electrons. The molecule has 0 saturated carbocycles. The van der Waals surface area contributed by atoms with Gasteiger partial charge >= 0.3 is 0 Å². The van der Waals surface area contributed by atoms with Crippen molar-refractivity contribution >= 4 is 5.91 Å². The summed E-state index contributed by atoms with van der Waals surface area (Å²) in [7, 11) is 0. The highest BCUT2D eigenvalue weighted by atomic mass is 16.5. The van der Waals surface area contributed by atoms with Crippen LogP contribution in [0.25, 0.3) is 0 Å². The first-order valence-electron chi connectivity index (χ1n) is 6.99. The van der Waals surface area contributed by atoms with E-state index < -0.39 is 0 Å². The zero-order chi connectivity index (χ0) is 16.7. The van der Waals surface area contributed by atoms with Gasteiger partial charge in [-0.2, -0.15) is 5.26 Å². The van der Waals surface area contributed by atoms with Crippen molar-refractivity contribution in [1.82, 2.24) is 5.32 Å². The van der Waals surface area contributed by atoms with E-state index in [1.54, 1.807) is 30.3 Å². The van der Waals surface area contributed by atoms with Crippen LogP contribution in [-0.2, 0) is 11.2 Å². The van der Waals surface area contributed by atoms with Gasteiger partial charge in [0.25, 0.3) is 5.91 Å². The van der Waals surface area contributed by atoms with Crippen LogP contribution in [0, 0.1) is 11.3 Å². The molecule has 0 unspecified atom stereocenters. The smallest absolute Gasteiger partial charge is 0.257 e. The molecule has 1 amide bonds. The maximum absolute atomic E-state index is 11.7. The van der Waals surface area contributed by atoms with Gasteiger partial charge in [-0.15, -0.1) is 0 Å². The number of amides is 1. The molecule has 0 aliphatic carbocycles. The predicted octanol–water partition coefficient (Wildman–Crippen LogP) is 1.71. The molecule has 2 aromatic rings. The number of hydrogen-bond donors (Lipinski definition) is 3. The Balaban J connectivity index is 1.77. The number of aromatic hydroxyl groups is 2. The standard InChI is InChI=1S/C17H16N2O4/c18-10-13-3-1-2-4-16(13)23-11-17(22)19-8-7-12-5-6-14(20)15(21)9-12/h1-6,9,20-21H,7-8,11H2,(H,19,22). The van der Waals surface area contributed by atoms with Crippen molar-refractivity contribution < 1.29 is 19.7 Å². The Morgan fingerprint density at radius 1 is 1.17 bits per heavy atom. The summed E-state index contributed by atoms with van der Waals surface area (Å²) in [5.41, 5.74) is 1.16. The van der Waals surface area contributed by atoms with Crippen LogP contribution in [0.1, 0.15) is 11.1 Å². The molecule has 0 saturated heterocycles. The fourth-order valence-electron chi connectivity index (χ4n) is 1.95. The van der Waals surface area contributed by atoms with Crippen molar-refractivity contribution in [2.45, 2.75) is 6.42 Å². The van der Waals surface area contributed by atoms with Crippen molar-refractivity contribution in [3.05, 3.63) is 53.6 Å². The molecule has 0 fully saturated rings. The van der Waals surface area contributed by atoms with Crippen molar-refractivity contribution in [1.29, 1.82) is 5.26 Å². The first kappa shape index (κ1) is 16.2. The molecule has 23 heavy (non-hydrogen) atoms. The van der Waals surface area contributed by atoms with Crippen LogP contribution < -0.4 is 10.1 Å². The number of hydrogen-bond acceptors (Lipinski definition) is 5. The van der Waals surface area contributed by atoms with Crippen LogP contribution in [0.15, 0.2) is 42.5 Å². The number of carbonyl (C=O) groups is 1. The van der Waals surface area contributed by atoms with Crippen molar-refractivity contribution in [3.63, 3.8) is 0 Å². The van der Waals surface area contributed by atoms with Gasteiger partial charge in [0, 0.05) is 6.54 Å². The van der Waals surface area contributed by atoms with Gasteiger partial charge in [-0.25, -0.2) is 0 Å². The number of para-hydroxylation sites is 1. The topological polar surface area (TPSA) is 103 Å². The van der Waals surface area contributed by atoms with Crippen LogP contribution >= 0.6 is 0 Å². The first-order chi connectivity index (χ1) is 11.1. The maximum Gasteiger partial charge on any atom is 0.257 e. The lowest BCUT2D eigenvalue weighted by Crippen LogP contribution is -2.30. The van der Waals surface area contributed by atoms with E-state index in [4.69, 9.17) is 10.00 Å². The molecule has 0 spiro atoms. The number of carbonyl (C=O) groups excluding carboxylic acids is 1. The second-order valence-corrected chi connectivity index (χ2v) is 4.82. The van der Waals surface area contributed by atoms with Gasteiger partial charge in [0.1, 0.15) is 11.8 Å². The molecular weight excluding hydrogens is 296 g/mol. The Morgan fingerprint density at radius 2 is 1.96 bits per heavy atom. The second-order valence-electron chi connectivity index (χ2n) is 4.82. The molecule has 6 heteroatoms. The van der Waals surface area contributed by atoms with E-state index in [2.05, 4.69) is 5.32 Å². The summed E-state index contributed by atoms with van der Waals surface area (Å²) < 4.78 is 5.32. The quantitative estimate of drug-likeness (QED) is 0.705. The largest absolute Gasteiger partial charge is 0.504 e. The summed E-state index contributed by atoms with van der Waals surface area (Å²) in [5.74, 6) is -0.304. The number of nitrogens with zero attached hydrogens (tertiary/aromatic N) is 1. The van der Waals surface area contributed by atoms with Gasteiger partial charge in [-0.05, 0) is 36.2 Å². The number of phenolic OH excluding ortho intramolecular Hbond substituents is 2. The Kier molecular flexibility index (Phi) is 5.42. The number of nitrogens with one attached hydrogen (secondary N) is 1. The number of ether oxygens (including phenoxy) is 1. The highest BCUT2D eigenvalue weighted by molar-refractivity contribution is 5.77. The Hall–Kier alpha value is -3.20. The molecule has 0 atom stereocenters. The van der Waals surface area contributed by atoms with E-state index in [1.807, 2.05) is 6.07 Å². The van der Waals surface area contributed by atoms with E-state index in [-0.39, 0.29) is 24.0 Å². The number of rotatable bonds is 6. The zero-order valence-corrected chi connectivity index (χ0v) is 12.3. The maximum atomic E-state index is 11.7. The average molecular weight is 312 g/mol. The molecule has 0 radical (unpaired) electrons. The Labute approximate surface area is 133 Å². The van der Waals surface area contributed by atoms with E-state index >= 15 is 0 Å². The number of phenols is 2. The molecule has 0 bridgehead atoms. The minimum absolute atomic E-state index is 0.178. The molecule has 0 aliphatic heterocycles. The summed E-state index contributed by atoms with van der Waals surface area (Å²) in [6.07, 6.45) is 0.508. The predicted molar refractivity (Wildman–Crippen MR) is 83.1 cm³/mol. The van der Waals surface area contributed by atoms with Gasteiger partial charge in [-0.1, -0.05) is 18.2 Å². The molecule has 2 rings (SSSR count). The van der Waals surface area contributed by atoms with Gasteiger partial charge in [0.2, 0.25) is 0 Å². The highest BCUT2D eigenvalue weighted by Gasteiger charge is 2.06. The van der Waals surface area contributed by atoms with E-state index in [9.17, 15) is 15.0 Å². The van der Waals surface area contributed by atoms with E-state index in [1.165, 1.54) is 12.1 Å². The summed E-state index contributed by atoms with van der Waals surface area (Å²) >= 11 is 0. The monoisotopic (exact) mass is 312 g/mol. The SMILES string of the molecule is N#Cc1ccccc1OCC(=O)NCCc1ccc(O)c(O)c1. The lowest BCUT2D eigenvalue weighted by molar-refractivity contribution is -0.123. The van der Waals surface area contributed by atoms with Crippen molar-refractivity contribution in [3.8, 4) is 23.3 Å². The lowest BCUT2D eigenvalue weighted by Gasteiger charge is -2.09. The van der Waals surface area contributed by atoms with Crippen LogP contribution in [0.5, 0.6) is 17.2 Å².